The first-order valence-electron chi connectivity index (χ1n) is 4.34. The number of rotatable bonds is 1. The highest BCUT2D eigenvalue weighted by molar-refractivity contribution is 4.89. The Balaban J connectivity index is 1.96. The molecule has 11 heavy (non-hydrogen) atoms. The minimum absolute atomic E-state index is 0.0596. The molecule has 1 saturated carbocycles. The van der Waals surface area contributed by atoms with Crippen LogP contribution in [0.25, 0.3) is 0 Å². The highest BCUT2D eigenvalue weighted by atomic mass is 16.7. The van der Waals surface area contributed by atoms with Gasteiger partial charge in [-0.05, 0) is 12.8 Å². The fourth-order valence-electron chi connectivity index (χ4n) is 1.99. The molecule has 0 aromatic heterocycles. The van der Waals surface area contributed by atoms with Crippen LogP contribution in [-0.2, 0) is 9.47 Å². The lowest BCUT2D eigenvalue weighted by atomic mass is 10.1. The van der Waals surface area contributed by atoms with Crippen LogP contribution in [0, 0.1) is 0 Å². The first kappa shape index (κ1) is 7.53. The van der Waals surface area contributed by atoms with Crippen molar-refractivity contribution in [1.82, 2.24) is 0 Å². The summed E-state index contributed by atoms with van der Waals surface area (Å²) in [5.41, 5.74) is 5.49. The molecule has 0 aromatic carbocycles. The molecule has 2 aliphatic rings. The summed E-state index contributed by atoms with van der Waals surface area (Å²) in [4.78, 5) is 0. The number of ether oxygens (including phenoxy) is 2. The summed E-state index contributed by atoms with van der Waals surface area (Å²) in [6.07, 6.45) is 4.74. The zero-order valence-electron chi connectivity index (χ0n) is 6.71. The Bertz CT molecular complexity index is 143. The maximum atomic E-state index is 5.71. The molecular formula is C8H15NO2. The van der Waals surface area contributed by atoms with Crippen molar-refractivity contribution in [3.05, 3.63) is 0 Å². The topological polar surface area (TPSA) is 44.5 Å². The molecule has 1 heterocycles. The quantitative estimate of drug-likeness (QED) is 0.607. The first-order valence-corrected chi connectivity index (χ1v) is 4.34. The second-order valence-corrected chi connectivity index (χ2v) is 3.48. The van der Waals surface area contributed by atoms with E-state index in [-0.39, 0.29) is 11.9 Å². The first-order chi connectivity index (χ1) is 5.35. The third-order valence-electron chi connectivity index (χ3n) is 2.62. The number of nitrogens with two attached hydrogens (primary N) is 1. The summed E-state index contributed by atoms with van der Waals surface area (Å²) < 4.78 is 11.1. The van der Waals surface area contributed by atoms with Crippen LogP contribution in [0.15, 0.2) is 0 Å². The van der Waals surface area contributed by atoms with Gasteiger partial charge in [0.1, 0.15) is 0 Å². The molecule has 0 radical (unpaired) electrons. The van der Waals surface area contributed by atoms with E-state index in [0.29, 0.717) is 6.54 Å². The number of hydrogen-bond donors (Lipinski definition) is 1. The molecule has 2 rings (SSSR count). The van der Waals surface area contributed by atoms with Crippen molar-refractivity contribution in [2.45, 2.75) is 37.6 Å². The zero-order valence-corrected chi connectivity index (χ0v) is 6.71. The normalized spacial score (nSPS) is 35.2. The zero-order chi connectivity index (χ0) is 7.73. The minimum Gasteiger partial charge on any atom is -0.348 e. The van der Waals surface area contributed by atoms with Gasteiger partial charge in [0.2, 0.25) is 0 Å². The fourth-order valence-corrected chi connectivity index (χ4v) is 1.99. The summed E-state index contributed by atoms with van der Waals surface area (Å²) in [6.45, 7) is 1.25. The molecule has 1 saturated heterocycles. The van der Waals surface area contributed by atoms with E-state index in [0.717, 1.165) is 19.4 Å². The van der Waals surface area contributed by atoms with Gasteiger partial charge in [-0.15, -0.1) is 0 Å². The van der Waals surface area contributed by atoms with Gasteiger partial charge in [-0.25, -0.2) is 0 Å². The molecule has 0 bridgehead atoms. The average Bonchev–Trinajstić information content (AvgIpc) is 2.62. The van der Waals surface area contributed by atoms with Crippen LogP contribution in [0.4, 0.5) is 0 Å². The van der Waals surface area contributed by atoms with Gasteiger partial charge < -0.3 is 15.2 Å². The van der Waals surface area contributed by atoms with Gasteiger partial charge in [0.15, 0.2) is 6.29 Å². The monoisotopic (exact) mass is 157 g/mol. The van der Waals surface area contributed by atoms with Crippen LogP contribution >= 0.6 is 0 Å². The van der Waals surface area contributed by atoms with Crippen molar-refractivity contribution >= 4 is 0 Å². The van der Waals surface area contributed by atoms with E-state index in [1.165, 1.54) is 12.8 Å². The maximum Gasteiger partial charge on any atom is 0.170 e. The van der Waals surface area contributed by atoms with E-state index in [1.54, 1.807) is 0 Å². The van der Waals surface area contributed by atoms with Crippen molar-refractivity contribution in [2.24, 2.45) is 5.73 Å². The standard InChI is InChI=1S/C8H15NO2/c9-5-7-10-6-8(11-7)3-1-2-4-8/h7H,1-6,9H2. The van der Waals surface area contributed by atoms with Crippen LogP contribution < -0.4 is 5.73 Å². The van der Waals surface area contributed by atoms with E-state index >= 15 is 0 Å². The Morgan fingerprint density at radius 3 is 2.64 bits per heavy atom. The Morgan fingerprint density at radius 1 is 1.36 bits per heavy atom. The van der Waals surface area contributed by atoms with Gasteiger partial charge in [0, 0.05) is 6.54 Å². The molecule has 2 fully saturated rings. The minimum atomic E-state index is -0.131. The Labute approximate surface area is 66.8 Å². The molecule has 2 N–H and O–H groups in total. The van der Waals surface area contributed by atoms with Crippen molar-refractivity contribution in [1.29, 1.82) is 0 Å². The molecule has 0 aromatic rings. The van der Waals surface area contributed by atoms with Gasteiger partial charge in [0.05, 0.1) is 12.2 Å². The van der Waals surface area contributed by atoms with E-state index < -0.39 is 0 Å². The summed E-state index contributed by atoms with van der Waals surface area (Å²) >= 11 is 0. The van der Waals surface area contributed by atoms with E-state index in [4.69, 9.17) is 15.2 Å². The molecule has 1 spiro atoms. The second-order valence-electron chi connectivity index (χ2n) is 3.48. The Kier molecular flexibility index (Phi) is 1.87. The lowest BCUT2D eigenvalue weighted by Crippen LogP contribution is -2.29. The van der Waals surface area contributed by atoms with Crippen molar-refractivity contribution in [3.8, 4) is 0 Å². The van der Waals surface area contributed by atoms with Crippen LogP contribution in [0.5, 0.6) is 0 Å². The predicted octanol–water partition coefficient (Wildman–Crippen LogP) is 0.631. The van der Waals surface area contributed by atoms with Gasteiger partial charge >= 0.3 is 0 Å². The van der Waals surface area contributed by atoms with E-state index in [2.05, 4.69) is 0 Å². The van der Waals surface area contributed by atoms with Gasteiger partial charge in [-0.2, -0.15) is 0 Å². The van der Waals surface area contributed by atoms with Gasteiger partial charge in [0.25, 0.3) is 0 Å². The smallest absolute Gasteiger partial charge is 0.170 e. The van der Waals surface area contributed by atoms with Crippen molar-refractivity contribution in [3.63, 3.8) is 0 Å². The van der Waals surface area contributed by atoms with Crippen molar-refractivity contribution < 1.29 is 9.47 Å². The molecule has 1 aliphatic heterocycles. The summed E-state index contributed by atoms with van der Waals surface area (Å²) in [5.74, 6) is 0. The predicted molar refractivity (Wildman–Crippen MR) is 41.1 cm³/mol. The highest BCUT2D eigenvalue weighted by Crippen LogP contribution is 2.38. The largest absolute Gasteiger partial charge is 0.348 e. The lowest BCUT2D eigenvalue weighted by molar-refractivity contribution is -0.0799. The summed E-state index contributed by atoms with van der Waals surface area (Å²) in [6, 6.07) is 0. The van der Waals surface area contributed by atoms with Crippen LogP contribution in [0.1, 0.15) is 25.7 Å². The van der Waals surface area contributed by atoms with Crippen LogP contribution in [0.3, 0.4) is 0 Å². The molecule has 1 atom stereocenters. The van der Waals surface area contributed by atoms with Crippen LogP contribution in [-0.4, -0.2) is 25.0 Å². The maximum absolute atomic E-state index is 5.71. The van der Waals surface area contributed by atoms with E-state index in [9.17, 15) is 0 Å². The third kappa shape index (κ3) is 1.28. The SMILES string of the molecule is NCC1OCC2(CCCC2)O1. The molecule has 0 amide bonds. The summed E-state index contributed by atoms with van der Waals surface area (Å²) in [7, 11) is 0. The molecule has 64 valence electrons. The van der Waals surface area contributed by atoms with Crippen LogP contribution in [0.2, 0.25) is 0 Å². The summed E-state index contributed by atoms with van der Waals surface area (Å²) in [5, 5.41) is 0. The average molecular weight is 157 g/mol. The molecule has 1 aliphatic carbocycles. The molecule has 3 nitrogen and oxygen atoms in total. The molecular weight excluding hydrogens is 142 g/mol. The highest BCUT2D eigenvalue weighted by Gasteiger charge is 2.42. The Hall–Kier alpha value is -0.120. The third-order valence-corrected chi connectivity index (χ3v) is 2.62. The van der Waals surface area contributed by atoms with Crippen molar-refractivity contribution in [2.75, 3.05) is 13.2 Å². The van der Waals surface area contributed by atoms with Gasteiger partial charge in [-0.3, -0.25) is 0 Å². The molecule has 1 unspecified atom stereocenters. The van der Waals surface area contributed by atoms with E-state index in [1.807, 2.05) is 0 Å². The Morgan fingerprint density at radius 2 is 2.09 bits per heavy atom. The fraction of sp³-hybridized carbons (Fsp3) is 1.00. The lowest BCUT2D eigenvalue weighted by Gasteiger charge is -2.19. The second kappa shape index (κ2) is 2.73. The number of hydrogen-bond acceptors (Lipinski definition) is 3. The van der Waals surface area contributed by atoms with Gasteiger partial charge in [-0.1, -0.05) is 12.8 Å². The molecule has 3 heteroatoms.